The molecule has 156 valence electrons. The predicted octanol–water partition coefficient (Wildman–Crippen LogP) is 2.56. The van der Waals surface area contributed by atoms with Gasteiger partial charge in [-0.15, -0.1) is 0 Å². The molecule has 2 aromatic carbocycles. The Morgan fingerprint density at radius 2 is 1.59 bits per heavy atom. The van der Waals surface area contributed by atoms with Crippen LogP contribution in [0.1, 0.15) is 28.9 Å². The van der Waals surface area contributed by atoms with E-state index in [0.717, 1.165) is 6.07 Å². The number of carbonyl (C=O) groups is 1. The van der Waals surface area contributed by atoms with E-state index in [4.69, 9.17) is 0 Å². The van der Waals surface area contributed by atoms with E-state index in [-0.39, 0.29) is 11.5 Å². The number of halogens is 3. The van der Waals surface area contributed by atoms with Crippen LogP contribution < -0.4 is 4.72 Å². The summed E-state index contributed by atoms with van der Waals surface area (Å²) in [6.07, 6.45) is 0. The van der Waals surface area contributed by atoms with Crippen molar-refractivity contribution in [1.82, 2.24) is 9.80 Å². The molecule has 0 spiro atoms. The van der Waals surface area contributed by atoms with E-state index in [1.807, 2.05) is 4.90 Å². The van der Waals surface area contributed by atoms with Crippen molar-refractivity contribution in [3.05, 3.63) is 65.0 Å². The monoisotopic (exact) mass is 427 g/mol. The summed E-state index contributed by atoms with van der Waals surface area (Å²) >= 11 is 0. The number of anilines is 1. The van der Waals surface area contributed by atoms with Crippen LogP contribution in [0.4, 0.5) is 18.9 Å². The van der Waals surface area contributed by atoms with Crippen LogP contribution in [0.3, 0.4) is 0 Å². The molecule has 10 heteroatoms. The van der Waals surface area contributed by atoms with E-state index >= 15 is 0 Å². The Balaban J connectivity index is 1.62. The maximum absolute atomic E-state index is 14.1. The van der Waals surface area contributed by atoms with Crippen LogP contribution in [0.2, 0.25) is 0 Å². The Labute approximate surface area is 168 Å². The van der Waals surface area contributed by atoms with Gasteiger partial charge in [0.2, 0.25) is 10.9 Å². The number of amides is 1. The van der Waals surface area contributed by atoms with Crippen LogP contribution in [0.25, 0.3) is 0 Å². The lowest BCUT2D eigenvalue weighted by molar-refractivity contribution is 0.0578. The summed E-state index contributed by atoms with van der Waals surface area (Å²) in [5.41, 5.74) is 0.859. The molecule has 29 heavy (non-hydrogen) atoms. The molecule has 1 atom stereocenters. The highest BCUT2D eigenvalue weighted by Gasteiger charge is 2.28. The molecule has 1 saturated heterocycles. The molecule has 1 fully saturated rings. The van der Waals surface area contributed by atoms with Gasteiger partial charge in [0.1, 0.15) is 0 Å². The number of hydrogen-bond acceptors (Lipinski definition) is 4. The van der Waals surface area contributed by atoms with Crippen molar-refractivity contribution >= 4 is 22.5 Å². The summed E-state index contributed by atoms with van der Waals surface area (Å²) in [5.74, 6) is -4.10. The van der Waals surface area contributed by atoms with Crippen LogP contribution >= 0.6 is 0 Å². The Morgan fingerprint density at radius 3 is 2.17 bits per heavy atom. The highest BCUT2D eigenvalue weighted by molar-refractivity contribution is 7.73. The second kappa shape index (κ2) is 8.83. The van der Waals surface area contributed by atoms with Crippen molar-refractivity contribution in [3.63, 3.8) is 0 Å². The van der Waals surface area contributed by atoms with Gasteiger partial charge in [-0.2, -0.15) is 0 Å². The molecule has 0 bridgehead atoms. The van der Waals surface area contributed by atoms with Crippen LogP contribution in [-0.4, -0.2) is 50.3 Å². The zero-order valence-corrected chi connectivity index (χ0v) is 16.5. The number of nitrogens with zero attached hydrogens (tertiary/aromatic N) is 2. The Morgan fingerprint density at radius 1 is 0.966 bits per heavy atom. The van der Waals surface area contributed by atoms with E-state index < -0.39 is 34.4 Å². The fourth-order valence-electron chi connectivity index (χ4n) is 3.35. The fourth-order valence-corrected chi connectivity index (χ4v) is 3.71. The molecule has 1 aliphatic heterocycles. The summed E-state index contributed by atoms with van der Waals surface area (Å²) in [6.45, 7) is 3.38. The van der Waals surface area contributed by atoms with Crippen LogP contribution in [-0.2, 0) is 10.9 Å². The third kappa shape index (κ3) is 4.70. The topological polar surface area (TPSA) is 69.7 Å². The SMILES string of the molecule is CC(c1ccc(F)c(F)c1F)N1CCN(C(=O)c2ccc(N[SH](=O)=O)cc2)CC1. The lowest BCUT2D eigenvalue weighted by atomic mass is 10.0. The lowest BCUT2D eigenvalue weighted by Gasteiger charge is -2.38. The van der Waals surface area contributed by atoms with Gasteiger partial charge in [-0.25, -0.2) is 21.6 Å². The Kier molecular flexibility index (Phi) is 6.43. The molecule has 0 aliphatic carbocycles. The van der Waals surface area contributed by atoms with Crippen molar-refractivity contribution in [2.75, 3.05) is 30.9 Å². The van der Waals surface area contributed by atoms with Crippen LogP contribution in [0, 0.1) is 17.5 Å². The van der Waals surface area contributed by atoms with Gasteiger partial charge in [-0.1, -0.05) is 6.07 Å². The first-order valence-electron chi connectivity index (χ1n) is 8.95. The number of piperazine rings is 1. The van der Waals surface area contributed by atoms with Gasteiger partial charge in [-0.05, 0) is 37.3 Å². The number of carbonyl (C=O) groups excluding carboxylic acids is 1. The molecular formula is C19H20F3N3O3S. The number of nitrogens with one attached hydrogen (secondary N) is 1. The molecule has 1 heterocycles. The third-order valence-electron chi connectivity index (χ3n) is 5.02. The predicted molar refractivity (Wildman–Crippen MR) is 103 cm³/mol. The van der Waals surface area contributed by atoms with Gasteiger partial charge >= 0.3 is 0 Å². The molecular weight excluding hydrogens is 407 g/mol. The smallest absolute Gasteiger partial charge is 0.253 e. The maximum atomic E-state index is 14.1. The van der Waals surface area contributed by atoms with Gasteiger partial charge in [0.05, 0.1) is 0 Å². The highest BCUT2D eigenvalue weighted by Crippen LogP contribution is 2.27. The average molecular weight is 427 g/mol. The van der Waals surface area contributed by atoms with Crippen LogP contribution in [0.15, 0.2) is 36.4 Å². The van der Waals surface area contributed by atoms with E-state index in [2.05, 4.69) is 4.72 Å². The maximum Gasteiger partial charge on any atom is 0.253 e. The quantitative estimate of drug-likeness (QED) is 0.569. The standard InChI is InChI=1S/C19H20F3N3O3S/c1-12(15-6-7-16(20)18(22)17(15)21)24-8-10-25(11-9-24)19(26)13-2-4-14(5-3-13)23-29(27)28/h2-7,12,29H,8-11H2,1H3,(H,23,27,28). The number of hydrogen-bond donors (Lipinski definition) is 2. The van der Waals surface area contributed by atoms with Gasteiger partial charge in [0.25, 0.3) is 5.91 Å². The molecule has 0 saturated carbocycles. The van der Waals surface area contributed by atoms with Crippen molar-refractivity contribution < 1.29 is 26.4 Å². The molecule has 0 radical (unpaired) electrons. The van der Waals surface area contributed by atoms with E-state index in [9.17, 15) is 26.4 Å². The second-order valence-electron chi connectivity index (χ2n) is 6.71. The summed E-state index contributed by atoms with van der Waals surface area (Å²) in [7, 11) is -2.77. The van der Waals surface area contributed by atoms with Crippen molar-refractivity contribution in [1.29, 1.82) is 0 Å². The largest absolute Gasteiger partial charge is 0.336 e. The molecule has 0 aromatic heterocycles. The van der Waals surface area contributed by atoms with E-state index in [0.29, 0.717) is 37.4 Å². The summed E-state index contributed by atoms with van der Waals surface area (Å²) in [4.78, 5) is 16.2. The first kappa shape index (κ1) is 21.1. The Bertz CT molecular complexity index is 967. The summed E-state index contributed by atoms with van der Waals surface area (Å²) in [6, 6.07) is 7.75. The average Bonchev–Trinajstić information content (AvgIpc) is 2.71. The first-order chi connectivity index (χ1) is 13.8. The second-order valence-corrected chi connectivity index (χ2v) is 7.45. The number of benzene rings is 2. The summed E-state index contributed by atoms with van der Waals surface area (Å²) in [5, 5.41) is 0. The fraction of sp³-hybridized carbons (Fsp3) is 0.316. The molecule has 1 N–H and O–H groups in total. The molecule has 6 nitrogen and oxygen atoms in total. The normalized spacial score (nSPS) is 16.1. The number of thiol groups is 1. The number of rotatable bonds is 5. The lowest BCUT2D eigenvalue weighted by Crippen LogP contribution is -2.49. The molecule has 1 aliphatic rings. The minimum Gasteiger partial charge on any atom is -0.336 e. The van der Waals surface area contributed by atoms with Gasteiger partial charge in [0.15, 0.2) is 17.5 Å². The van der Waals surface area contributed by atoms with Gasteiger partial charge in [0, 0.05) is 49.0 Å². The molecule has 3 rings (SSSR count). The van der Waals surface area contributed by atoms with Gasteiger partial charge in [-0.3, -0.25) is 14.4 Å². The van der Waals surface area contributed by atoms with Crippen molar-refractivity contribution in [3.8, 4) is 0 Å². The molecule has 1 amide bonds. The minimum absolute atomic E-state index is 0.0727. The van der Waals surface area contributed by atoms with E-state index in [1.165, 1.54) is 30.3 Å². The van der Waals surface area contributed by atoms with E-state index in [1.54, 1.807) is 11.8 Å². The van der Waals surface area contributed by atoms with Crippen molar-refractivity contribution in [2.24, 2.45) is 0 Å². The summed E-state index contributed by atoms with van der Waals surface area (Å²) < 4.78 is 64.3. The zero-order valence-electron chi connectivity index (χ0n) is 15.6. The highest BCUT2D eigenvalue weighted by atomic mass is 32.2. The molecule has 2 aromatic rings. The molecule has 1 unspecified atom stereocenters. The van der Waals surface area contributed by atoms with Crippen LogP contribution in [0.5, 0.6) is 0 Å². The van der Waals surface area contributed by atoms with Crippen molar-refractivity contribution in [2.45, 2.75) is 13.0 Å². The zero-order chi connectivity index (χ0) is 21.1. The Hall–Kier alpha value is -2.59. The minimum atomic E-state index is -2.77. The first-order valence-corrected chi connectivity index (χ1v) is 10.1. The third-order valence-corrected chi connectivity index (χ3v) is 5.46. The van der Waals surface area contributed by atoms with Gasteiger partial charge < -0.3 is 4.90 Å².